The number of Topliss-reactive ketones (excluding diaryl/α,β-unsaturated/α-hetero) is 2. The fourth-order valence-electron chi connectivity index (χ4n) is 10.2. The molecule has 0 saturated heterocycles. The van der Waals surface area contributed by atoms with Crippen molar-refractivity contribution in [1.29, 1.82) is 0 Å². The Hall–Kier alpha value is -2.89. The predicted molar refractivity (Wildman–Crippen MR) is 169 cm³/mol. The Morgan fingerprint density at radius 2 is 1.72 bits per heavy atom. The molecule has 0 radical (unpaired) electrons. The highest BCUT2D eigenvalue weighted by atomic mass is 28.3. The van der Waals surface area contributed by atoms with Gasteiger partial charge in [-0.3, -0.25) is 24.0 Å². The second kappa shape index (κ2) is 12.3. The fourth-order valence-corrected chi connectivity index (χ4v) is 13.3. The molecule has 0 unspecified atom stereocenters. The van der Waals surface area contributed by atoms with Crippen LogP contribution in [0.2, 0.25) is 18.6 Å². The van der Waals surface area contributed by atoms with Gasteiger partial charge >= 0.3 is 17.9 Å². The number of ketones is 2. The van der Waals surface area contributed by atoms with Crippen molar-refractivity contribution < 1.29 is 48.0 Å². The number of fused-ring (bicyclic) bond motifs is 5. The van der Waals surface area contributed by atoms with Crippen LogP contribution in [0.3, 0.4) is 0 Å². The molecule has 0 bridgehead atoms. The van der Waals surface area contributed by atoms with E-state index in [1.807, 2.05) is 18.2 Å². The van der Waals surface area contributed by atoms with E-state index in [1.54, 1.807) is 6.92 Å². The van der Waals surface area contributed by atoms with Crippen molar-refractivity contribution in [3.63, 3.8) is 0 Å². The van der Waals surface area contributed by atoms with Gasteiger partial charge in [0.05, 0.1) is 38.2 Å². The SMILES string of the molecule is COC(=O)[C@]12C[C@@H](OC(C)=O)[C@H]3[C@@H](C(=O)C[C@@H]4C[C@@H]([Si](C)(C)c5ccccc5)CC(=O)[C@@]43COC(C)=O)[C@@]1(O)CC[C@@H]2[C@H](C)OC. The van der Waals surface area contributed by atoms with Crippen molar-refractivity contribution in [2.24, 2.45) is 34.5 Å². The number of esters is 3. The van der Waals surface area contributed by atoms with Gasteiger partial charge in [0.1, 0.15) is 29.7 Å². The lowest BCUT2D eigenvalue weighted by Crippen LogP contribution is -2.74. The first kappa shape index (κ1) is 34.4. The van der Waals surface area contributed by atoms with E-state index in [9.17, 15) is 29.1 Å². The molecule has 4 aliphatic rings. The maximum atomic E-state index is 14.9. The number of hydrogen-bond donors (Lipinski definition) is 1. The van der Waals surface area contributed by atoms with Crippen LogP contribution in [0.25, 0.3) is 0 Å². The summed E-state index contributed by atoms with van der Waals surface area (Å²) in [4.78, 5) is 68.5. The molecule has 0 spiro atoms. The van der Waals surface area contributed by atoms with Crippen LogP contribution in [0.5, 0.6) is 0 Å². The van der Waals surface area contributed by atoms with Crippen LogP contribution in [0.1, 0.15) is 59.3 Å². The molecule has 0 aliphatic heterocycles. The molecule has 5 rings (SSSR count). The Balaban J connectivity index is 1.69. The van der Waals surface area contributed by atoms with Gasteiger partial charge in [-0.05, 0) is 37.6 Å². The highest BCUT2D eigenvalue weighted by Gasteiger charge is 2.79. The summed E-state index contributed by atoms with van der Waals surface area (Å²) in [5.41, 5.74) is -4.93. The lowest BCUT2D eigenvalue weighted by molar-refractivity contribution is -0.251. The zero-order chi connectivity index (χ0) is 33.8. The third-order valence-corrected chi connectivity index (χ3v) is 16.8. The average Bonchev–Trinajstić information content (AvgIpc) is 3.32. The second-order valence-corrected chi connectivity index (χ2v) is 19.5. The van der Waals surface area contributed by atoms with Crippen LogP contribution >= 0.6 is 0 Å². The Kier molecular flexibility index (Phi) is 9.20. The van der Waals surface area contributed by atoms with Gasteiger partial charge < -0.3 is 24.1 Å². The van der Waals surface area contributed by atoms with Gasteiger partial charge in [0, 0.05) is 52.1 Å². The van der Waals surface area contributed by atoms with Gasteiger partial charge in [-0.25, -0.2) is 0 Å². The zero-order valence-electron chi connectivity index (χ0n) is 28.0. The Morgan fingerprint density at radius 3 is 2.30 bits per heavy atom. The summed E-state index contributed by atoms with van der Waals surface area (Å²) in [7, 11) is 0.528. The van der Waals surface area contributed by atoms with E-state index in [4.69, 9.17) is 18.9 Å². The van der Waals surface area contributed by atoms with Crippen LogP contribution in [0, 0.1) is 34.5 Å². The van der Waals surface area contributed by atoms with Crippen molar-refractivity contribution in [1.82, 2.24) is 0 Å². The summed E-state index contributed by atoms with van der Waals surface area (Å²) >= 11 is 0. The molecule has 4 aliphatic carbocycles. The molecule has 4 fully saturated rings. The minimum Gasteiger partial charge on any atom is -0.468 e. The highest BCUT2D eigenvalue weighted by Crippen LogP contribution is 2.70. The Bertz CT molecular complexity index is 1390. The van der Waals surface area contributed by atoms with E-state index in [2.05, 4.69) is 25.2 Å². The van der Waals surface area contributed by atoms with Crippen LogP contribution < -0.4 is 5.19 Å². The third-order valence-electron chi connectivity index (χ3n) is 12.5. The van der Waals surface area contributed by atoms with Crippen molar-refractivity contribution in [2.75, 3.05) is 20.8 Å². The Morgan fingerprint density at radius 1 is 1.04 bits per heavy atom. The van der Waals surface area contributed by atoms with E-state index in [-0.39, 0.29) is 49.4 Å². The summed E-state index contributed by atoms with van der Waals surface area (Å²) in [6.45, 7) is 8.50. The standard InChI is InChI=1S/C35H48O10Si/c1-20(42-4)26-13-14-35(41)30-27(38)16-23-15-25(46(6,7)24-11-9-8-10-12-24)17-29(39)33(23,19-44-21(2)36)31(30)28(45-22(3)37)18-34(26,35)32(40)43-5/h8-12,20,23,25-26,28,30-31,41H,13-19H2,1-7H3/t20-,23-,25+,26+,28+,30+,31-,33+,34+,35-/m0/s1. The first-order valence-corrected chi connectivity index (χ1v) is 19.4. The largest absolute Gasteiger partial charge is 0.468 e. The fraction of sp³-hybridized carbons (Fsp3) is 0.686. The Labute approximate surface area is 271 Å². The van der Waals surface area contributed by atoms with Crippen LogP contribution in [0.15, 0.2) is 30.3 Å². The van der Waals surface area contributed by atoms with Gasteiger partial charge in [-0.2, -0.15) is 0 Å². The summed E-state index contributed by atoms with van der Waals surface area (Å²) in [5.74, 6) is -5.64. The lowest BCUT2D eigenvalue weighted by atomic mass is 9.41. The molecular formula is C35H48O10Si. The smallest absolute Gasteiger partial charge is 0.315 e. The number of hydrogen-bond acceptors (Lipinski definition) is 10. The second-order valence-electron chi connectivity index (χ2n) is 14.7. The summed E-state index contributed by atoms with van der Waals surface area (Å²) in [6, 6.07) is 10.1. The number of rotatable bonds is 8. The maximum Gasteiger partial charge on any atom is 0.315 e. The highest BCUT2D eigenvalue weighted by molar-refractivity contribution is 6.91. The summed E-state index contributed by atoms with van der Waals surface area (Å²) < 4.78 is 22.7. The summed E-state index contributed by atoms with van der Waals surface area (Å²) in [6.07, 6.45) is -0.567. The van der Waals surface area contributed by atoms with Crippen molar-refractivity contribution in [3.8, 4) is 0 Å². The molecule has 1 aromatic rings. The van der Waals surface area contributed by atoms with Gasteiger partial charge in [0.2, 0.25) is 0 Å². The van der Waals surface area contributed by atoms with Crippen LogP contribution in [0.4, 0.5) is 0 Å². The molecule has 4 saturated carbocycles. The molecule has 252 valence electrons. The molecule has 11 heteroatoms. The van der Waals surface area contributed by atoms with Crippen molar-refractivity contribution in [2.45, 2.75) is 95.7 Å². The molecule has 46 heavy (non-hydrogen) atoms. The molecular weight excluding hydrogens is 608 g/mol. The molecule has 1 aromatic carbocycles. The zero-order valence-corrected chi connectivity index (χ0v) is 29.0. The quantitative estimate of drug-likeness (QED) is 0.251. The van der Waals surface area contributed by atoms with E-state index in [0.29, 0.717) is 12.8 Å². The number of aliphatic hydroxyl groups is 1. The molecule has 0 heterocycles. The van der Waals surface area contributed by atoms with E-state index in [0.717, 1.165) is 0 Å². The predicted octanol–water partition coefficient (Wildman–Crippen LogP) is 3.38. The number of benzene rings is 1. The molecule has 10 nitrogen and oxygen atoms in total. The third kappa shape index (κ3) is 4.99. The topological polar surface area (TPSA) is 142 Å². The van der Waals surface area contributed by atoms with E-state index >= 15 is 0 Å². The van der Waals surface area contributed by atoms with Crippen LogP contribution in [-0.4, -0.2) is 81.3 Å². The van der Waals surface area contributed by atoms with Crippen LogP contribution in [-0.2, 0) is 42.9 Å². The normalized spacial score (nSPS) is 37.7. The van der Waals surface area contributed by atoms with Gasteiger partial charge in [0.15, 0.2) is 0 Å². The molecule has 0 amide bonds. The minimum atomic E-state index is -2.23. The van der Waals surface area contributed by atoms with Gasteiger partial charge in [-0.15, -0.1) is 0 Å². The number of ether oxygens (including phenoxy) is 4. The van der Waals surface area contributed by atoms with Crippen molar-refractivity contribution in [3.05, 3.63) is 30.3 Å². The van der Waals surface area contributed by atoms with Gasteiger partial charge in [0.25, 0.3) is 0 Å². The number of methoxy groups -OCH3 is 2. The molecule has 0 aromatic heterocycles. The first-order chi connectivity index (χ1) is 21.6. The summed E-state index contributed by atoms with van der Waals surface area (Å²) in [5, 5.41) is 14.1. The minimum absolute atomic E-state index is 0.00799. The van der Waals surface area contributed by atoms with E-state index < -0.39 is 78.3 Å². The van der Waals surface area contributed by atoms with E-state index in [1.165, 1.54) is 33.3 Å². The number of carbonyl (C=O) groups excluding carboxylic acids is 5. The molecule has 1 N–H and O–H groups in total. The molecule has 10 atom stereocenters. The maximum absolute atomic E-state index is 14.9. The first-order valence-electron chi connectivity index (χ1n) is 16.4. The average molecular weight is 657 g/mol. The van der Waals surface area contributed by atoms with Gasteiger partial charge in [-0.1, -0.05) is 48.6 Å². The number of carbonyl (C=O) groups is 5. The van der Waals surface area contributed by atoms with Crippen molar-refractivity contribution >= 4 is 42.7 Å². The monoisotopic (exact) mass is 656 g/mol. The lowest BCUT2D eigenvalue weighted by Gasteiger charge is -2.64.